The molecule has 0 spiro atoms. The van der Waals surface area contributed by atoms with Crippen molar-refractivity contribution < 1.29 is 13.2 Å². The average molecular weight is 362 g/mol. The summed E-state index contributed by atoms with van der Waals surface area (Å²) in [5.74, 6) is 0.525. The van der Waals surface area contributed by atoms with Crippen LogP contribution in [0.15, 0.2) is 30.3 Å². The summed E-state index contributed by atoms with van der Waals surface area (Å²) in [4.78, 5) is 8.22. The number of aromatic nitrogens is 2. The molecule has 138 valence electrons. The zero-order valence-electron chi connectivity index (χ0n) is 14.8. The maximum atomic E-state index is 12.9. The lowest BCUT2D eigenvalue weighted by Crippen LogP contribution is -2.21. The number of alkyl halides is 3. The summed E-state index contributed by atoms with van der Waals surface area (Å²) in [5.41, 5.74) is 0.549. The highest BCUT2D eigenvalue weighted by atomic mass is 19.4. The van der Waals surface area contributed by atoms with Gasteiger partial charge in [0.2, 0.25) is 5.82 Å². The van der Waals surface area contributed by atoms with Gasteiger partial charge in [-0.05, 0) is 50.0 Å². The third-order valence-corrected chi connectivity index (χ3v) is 3.70. The molecule has 0 saturated carbocycles. The van der Waals surface area contributed by atoms with Crippen LogP contribution in [0.1, 0.15) is 37.4 Å². The van der Waals surface area contributed by atoms with Gasteiger partial charge in [0.05, 0.1) is 11.3 Å². The SMILES string of the molecule is CC(C)CNCCCc1cc(-c2cccc(C(F)(F)F)c2)nc(C#N)n1. The summed E-state index contributed by atoms with van der Waals surface area (Å²) in [5, 5.41) is 12.4. The topological polar surface area (TPSA) is 61.6 Å². The van der Waals surface area contributed by atoms with Gasteiger partial charge < -0.3 is 5.32 Å². The van der Waals surface area contributed by atoms with E-state index in [9.17, 15) is 13.2 Å². The van der Waals surface area contributed by atoms with Crippen LogP contribution in [-0.2, 0) is 12.6 Å². The second-order valence-electron chi connectivity index (χ2n) is 6.46. The number of rotatable bonds is 7. The first-order chi connectivity index (χ1) is 12.3. The van der Waals surface area contributed by atoms with Crippen molar-refractivity contribution in [3.63, 3.8) is 0 Å². The molecule has 1 aromatic heterocycles. The van der Waals surface area contributed by atoms with Crippen LogP contribution in [0.2, 0.25) is 0 Å². The van der Waals surface area contributed by atoms with Gasteiger partial charge in [-0.2, -0.15) is 18.4 Å². The minimum atomic E-state index is -4.42. The van der Waals surface area contributed by atoms with Crippen LogP contribution in [0, 0.1) is 17.2 Å². The van der Waals surface area contributed by atoms with E-state index in [1.54, 1.807) is 12.1 Å². The fourth-order valence-corrected chi connectivity index (χ4v) is 2.46. The molecule has 2 aromatic rings. The van der Waals surface area contributed by atoms with Gasteiger partial charge in [-0.3, -0.25) is 0 Å². The molecule has 0 radical (unpaired) electrons. The number of halogens is 3. The van der Waals surface area contributed by atoms with E-state index < -0.39 is 11.7 Å². The largest absolute Gasteiger partial charge is 0.416 e. The molecule has 4 nitrogen and oxygen atoms in total. The lowest BCUT2D eigenvalue weighted by atomic mass is 10.1. The lowest BCUT2D eigenvalue weighted by molar-refractivity contribution is -0.137. The van der Waals surface area contributed by atoms with Crippen molar-refractivity contribution in [2.45, 2.75) is 32.9 Å². The van der Waals surface area contributed by atoms with Crippen LogP contribution in [0.25, 0.3) is 11.3 Å². The maximum Gasteiger partial charge on any atom is 0.416 e. The molecule has 2 rings (SSSR count). The average Bonchev–Trinajstić information content (AvgIpc) is 2.60. The van der Waals surface area contributed by atoms with E-state index in [0.29, 0.717) is 29.3 Å². The Morgan fingerprint density at radius 1 is 1.19 bits per heavy atom. The molecular formula is C19H21F3N4. The van der Waals surface area contributed by atoms with Crippen LogP contribution in [0.4, 0.5) is 13.2 Å². The summed E-state index contributed by atoms with van der Waals surface area (Å²) in [6.07, 6.45) is -2.99. The highest BCUT2D eigenvalue weighted by Crippen LogP contribution is 2.31. The van der Waals surface area contributed by atoms with E-state index in [1.165, 1.54) is 6.07 Å². The van der Waals surface area contributed by atoms with Gasteiger partial charge in [0.15, 0.2) is 0 Å². The van der Waals surface area contributed by atoms with Crippen molar-refractivity contribution in [3.8, 4) is 17.3 Å². The van der Waals surface area contributed by atoms with Gasteiger partial charge in [-0.25, -0.2) is 9.97 Å². The molecule has 26 heavy (non-hydrogen) atoms. The Balaban J connectivity index is 2.18. The Labute approximate surface area is 151 Å². The van der Waals surface area contributed by atoms with E-state index in [-0.39, 0.29) is 5.82 Å². The third-order valence-electron chi connectivity index (χ3n) is 3.70. The highest BCUT2D eigenvalue weighted by Gasteiger charge is 2.30. The summed E-state index contributed by atoms with van der Waals surface area (Å²) in [6, 6.07) is 8.46. The van der Waals surface area contributed by atoms with Gasteiger partial charge in [-0.15, -0.1) is 0 Å². The zero-order valence-corrected chi connectivity index (χ0v) is 14.8. The summed E-state index contributed by atoms with van der Waals surface area (Å²) >= 11 is 0. The molecule has 0 aliphatic rings. The van der Waals surface area contributed by atoms with Crippen molar-refractivity contribution in [2.75, 3.05) is 13.1 Å². The first-order valence-electron chi connectivity index (χ1n) is 8.46. The smallest absolute Gasteiger partial charge is 0.316 e. The number of hydrogen-bond acceptors (Lipinski definition) is 4. The van der Waals surface area contributed by atoms with Crippen molar-refractivity contribution in [2.24, 2.45) is 5.92 Å². The summed E-state index contributed by atoms with van der Waals surface area (Å²) in [7, 11) is 0. The molecule has 0 aliphatic carbocycles. The fraction of sp³-hybridized carbons (Fsp3) is 0.421. The van der Waals surface area contributed by atoms with Gasteiger partial charge in [-0.1, -0.05) is 26.0 Å². The zero-order chi connectivity index (χ0) is 19.2. The quantitative estimate of drug-likeness (QED) is 0.750. The van der Waals surface area contributed by atoms with E-state index in [2.05, 4.69) is 29.1 Å². The van der Waals surface area contributed by atoms with Gasteiger partial charge in [0.1, 0.15) is 6.07 Å². The minimum Gasteiger partial charge on any atom is -0.316 e. The predicted molar refractivity (Wildman–Crippen MR) is 93.2 cm³/mol. The predicted octanol–water partition coefficient (Wildman–Crippen LogP) is 4.21. The van der Waals surface area contributed by atoms with Crippen LogP contribution in [0.3, 0.4) is 0 Å². The Morgan fingerprint density at radius 2 is 1.96 bits per heavy atom. The Kier molecular flexibility index (Phi) is 6.70. The standard InChI is InChI=1S/C19H21F3N4/c1-13(2)12-24-8-4-7-16-10-17(26-18(11-23)25-16)14-5-3-6-15(9-14)19(20,21)22/h3,5-6,9-10,13,24H,4,7-8,12H2,1-2H3. The third kappa shape index (κ3) is 5.81. The molecule has 0 amide bonds. The molecule has 1 N–H and O–H groups in total. The van der Waals surface area contributed by atoms with Gasteiger partial charge >= 0.3 is 6.18 Å². The normalized spacial score (nSPS) is 11.6. The second-order valence-corrected chi connectivity index (χ2v) is 6.46. The van der Waals surface area contributed by atoms with Gasteiger partial charge in [0, 0.05) is 11.3 Å². The fourth-order valence-electron chi connectivity index (χ4n) is 2.46. The molecule has 0 unspecified atom stereocenters. The number of hydrogen-bond donors (Lipinski definition) is 1. The molecule has 0 saturated heterocycles. The van der Waals surface area contributed by atoms with Crippen molar-refractivity contribution >= 4 is 0 Å². The Hall–Kier alpha value is -2.46. The molecule has 0 aliphatic heterocycles. The van der Waals surface area contributed by atoms with Crippen molar-refractivity contribution in [1.29, 1.82) is 5.26 Å². The van der Waals surface area contributed by atoms with E-state index in [4.69, 9.17) is 5.26 Å². The molecule has 0 atom stereocenters. The second kappa shape index (κ2) is 8.77. The van der Waals surface area contributed by atoms with Crippen LogP contribution < -0.4 is 5.32 Å². The van der Waals surface area contributed by atoms with Crippen LogP contribution >= 0.6 is 0 Å². The highest BCUT2D eigenvalue weighted by molar-refractivity contribution is 5.61. The minimum absolute atomic E-state index is 0.0370. The van der Waals surface area contributed by atoms with Crippen molar-refractivity contribution in [1.82, 2.24) is 15.3 Å². The lowest BCUT2D eigenvalue weighted by Gasteiger charge is -2.10. The van der Waals surface area contributed by atoms with Gasteiger partial charge in [0.25, 0.3) is 0 Å². The van der Waals surface area contributed by atoms with E-state index in [1.807, 2.05) is 6.07 Å². The maximum absolute atomic E-state index is 12.9. The van der Waals surface area contributed by atoms with Crippen molar-refractivity contribution in [3.05, 3.63) is 47.4 Å². The molecular weight excluding hydrogens is 341 g/mol. The monoisotopic (exact) mass is 362 g/mol. The molecule has 1 aromatic carbocycles. The summed E-state index contributed by atoms with van der Waals surface area (Å²) < 4.78 is 38.7. The number of nitrogens with zero attached hydrogens (tertiary/aromatic N) is 3. The number of benzene rings is 1. The number of nitriles is 1. The Morgan fingerprint density at radius 3 is 2.62 bits per heavy atom. The van der Waals surface area contributed by atoms with E-state index in [0.717, 1.165) is 31.6 Å². The Bertz CT molecular complexity index is 779. The number of nitrogens with one attached hydrogen (secondary N) is 1. The van der Waals surface area contributed by atoms with Crippen LogP contribution in [-0.4, -0.2) is 23.1 Å². The first kappa shape index (κ1) is 19.9. The van der Waals surface area contributed by atoms with Crippen LogP contribution in [0.5, 0.6) is 0 Å². The summed E-state index contributed by atoms with van der Waals surface area (Å²) in [6.45, 7) is 5.97. The molecule has 0 bridgehead atoms. The first-order valence-corrected chi connectivity index (χ1v) is 8.46. The molecule has 7 heteroatoms. The molecule has 0 fully saturated rings. The molecule has 1 heterocycles. The van der Waals surface area contributed by atoms with E-state index >= 15 is 0 Å². The number of aryl methyl sites for hydroxylation is 1.